The average Bonchev–Trinajstić information content (AvgIpc) is 2.49. The molecule has 0 unspecified atom stereocenters. The summed E-state index contributed by atoms with van der Waals surface area (Å²) >= 11 is 3.50. The highest BCUT2D eigenvalue weighted by Gasteiger charge is 2.14. The number of halogens is 1. The maximum Gasteiger partial charge on any atom is 0.211 e. The standard InChI is InChI=1S/C16H18BrNO3/c1-10(18)11-7-8-13(12(17)9-11)21-16-14(19-2)5-4-6-15(16)20-3/h4-10H,18H2,1-3H3/t10-/m0/s1. The van der Waals surface area contributed by atoms with Crippen molar-refractivity contribution in [2.45, 2.75) is 13.0 Å². The van der Waals surface area contributed by atoms with Gasteiger partial charge in [0.1, 0.15) is 5.75 Å². The van der Waals surface area contributed by atoms with E-state index in [4.69, 9.17) is 19.9 Å². The van der Waals surface area contributed by atoms with Crippen LogP contribution in [0.2, 0.25) is 0 Å². The van der Waals surface area contributed by atoms with Gasteiger partial charge in [-0.15, -0.1) is 0 Å². The molecule has 21 heavy (non-hydrogen) atoms. The van der Waals surface area contributed by atoms with E-state index in [-0.39, 0.29) is 6.04 Å². The molecule has 0 fully saturated rings. The fourth-order valence-electron chi connectivity index (χ4n) is 1.91. The summed E-state index contributed by atoms with van der Waals surface area (Å²) in [5, 5.41) is 0. The van der Waals surface area contributed by atoms with Crippen LogP contribution in [0.1, 0.15) is 18.5 Å². The molecule has 2 rings (SSSR count). The molecule has 0 spiro atoms. The summed E-state index contributed by atoms with van der Waals surface area (Å²) in [5.74, 6) is 2.42. The van der Waals surface area contributed by atoms with Gasteiger partial charge in [-0.1, -0.05) is 12.1 Å². The first-order valence-corrected chi connectivity index (χ1v) is 7.30. The van der Waals surface area contributed by atoms with Crippen molar-refractivity contribution in [3.63, 3.8) is 0 Å². The van der Waals surface area contributed by atoms with Gasteiger partial charge in [0.05, 0.1) is 18.7 Å². The van der Waals surface area contributed by atoms with Gasteiger partial charge in [0.15, 0.2) is 11.5 Å². The zero-order chi connectivity index (χ0) is 15.4. The summed E-state index contributed by atoms with van der Waals surface area (Å²) in [6, 6.07) is 11.2. The lowest BCUT2D eigenvalue weighted by Crippen LogP contribution is -2.04. The summed E-state index contributed by atoms with van der Waals surface area (Å²) in [6.07, 6.45) is 0. The smallest absolute Gasteiger partial charge is 0.211 e. The Morgan fingerprint density at radius 3 is 2.10 bits per heavy atom. The second kappa shape index (κ2) is 6.83. The zero-order valence-corrected chi connectivity index (χ0v) is 13.8. The van der Waals surface area contributed by atoms with Crippen molar-refractivity contribution >= 4 is 15.9 Å². The summed E-state index contributed by atoms with van der Waals surface area (Å²) < 4.78 is 17.4. The van der Waals surface area contributed by atoms with Gasteiger partial charge < -0.3 is 19.9 Å². The third kappa shape index (κ3) is 3.49. The van der Waals surface area contributed by atoms with E-state index in [1.807, 2.05) is 43.3 Å². The van der Waals surface area contributed by atoms with Crippen LogP contribution in [0.25, 0.3) is 0 Å². The molecule has 2 aromatic carbocycles. The number of benzene rings is 2. The average molecular weight is 352 g/mol. The zero-order valence-electron chi connectivity index (χ0n) is 12.2. The molecular weight excluding hydrogens is 334 g/mol. The van der Waals surface area contributed by atoms with Crippen LogP contribution in [0.3, 0.4) is 0 Å². The molecule has 0 heterocycles. The minimum absolute atomic E-state index is 0.0313. The largest absolute Gasteiger partial charge is 0.493 e. The maximum atomic E-state index is 5.95. The third-order valence-electron chi connectivity index (χ3n) is 3.08. The van der Waals surface area contributed by atoms with Gasteiger partial charge in [-0.25, -0.2) is 0 Å². The van der Waals surface area contributed by atoms with Crippen LogP contribution in [-0.2, 0) is 0 Å². The van der Waals surface area contributed by atoms with Crippen LogP contribution in [-0.4, -0.2) is 14.2 Å². The highest BCUT2D eigenvalue weighted by atomic mass is 79.9. The Bertz CT molecular complexity index is 607. The van der Waals surface area contributed by atoms with Crippen LogP contribution >= 0.6 is 15.9 Å². The number of hydrogen-bond acceptors (Lipinski definition) is 4. The van der Waals surface area contributed by atoms with Gasteiger partial charge in [0.2, 0.25) is 5.75 Å². The van der Waals surface area contributed by atoms with E-state index in [1.165, 1.54) is 0 Å². The molecule has 0 aromatic heterocycles. The Labute approximate surface area is 132 Å². The lowest BCUT2D eigenvalue weighted by atomic mass is 10.1. The normalized spacial score (nSPS) is 11.9. The first kappa shape index (κ1) is 15.7. The molecule has 0 amide bonds. The summed E-state index contributed by atoms with van der Waals surface area (Å²) in [4.78, 5) is 0. The van der Waals surface area contributed by atoms with Crippen molar-refractivity contribution < 1.29 is 14.2 Å². The lowest BCUT2D eigenvalue weighted by molar-refractivity contribution is 0.345. The first-order valence-electron chi connectivity index (χ1n) is 6.50. The van der Waals surface area contributed by atoms with Crippen molar-refractivity contribution in [1.82, 2.24) is 0 Å². The molecule has 5 heteroatoms. The molecular formula is C16H18BrNO3. The van der Waals surface area contributed by atoms with E-state index < -0.39 is 0 Å². The van der Waals surface area contributed by atoms with E-state index in [1.54, 1.807) is 14.2 Å². The highest BCUT2D eigenvalue weighted by molar-refractivity contribution is 9.10. The van der Waals surface area contributed by atoms with E-state index in [2.05, 4.69) is 15.9 Å². The minimum Gasteiger partial charge on any atom is -0.493 e. The van der Waals surface area contributed by atoms with Crippen LogP contribution in [0.5, 0.6) is 23.0 Å². The second-order valence-corrected chi connectivity index (χ2v) is 5.43. The summed E-state index contributed by atoms with van der Waals surface area (Å²) in [5.41, 5.74) is 6.90. The molecule has 0 aliphatic heterocycles. The Morgan fingerprint density at radius 1 is 1.00 bits per heavy atom. The minimum atomic E-state index is -0.0313. The quantitative estimate of drug-likeness (QED) is 0.873. The van der Waals surface area contributed by atoms with Gasteiger partial charge in [-0.05, 0) is 52.7 Å². The number of hydrogen-bond donors (Lipinski definition) is 1. The Hall–Kier alpha value is -1.72. The van der Waals surface area contributed by atoms with Gasteiger partial charge >= 0.3 is 0 Å². The molecule has 0 radical (unpaired) electrons. The molecule has 4 nitrogen and oxygen atoms in total. The topological polar surface area (TPSA) is 53.7 Å². The monoisotopic (exact) mass is 351 g/mol. The van der Waals surface area contributed by atoms with Crippen molar-refractivity contribution in [3.8, 4) is 23.0 Å². The predicted octanol–water partition coefficient (Wildman–Crippen LogP) is 4.28. The fourth-order valence-corrected chi connectivity index (χ4v) is 2.39. The van der Waals surface area contributed by atoms with E-state index in [0.717, 1.165) is 10.0 Å². The van der Waals surface area contributed by atoms with Crippen LogP contribution in [0, 0.1) is 0 Å². The molecule has 2 N–H and O–H groups in total. The SMILES string of the molecule is COc1cccc(OC)c1Oc1ccc([C@H](C)N)cc1Br. The number of nitrogens with two attached hydrogens (primary N) is 1. The number of para-hydroxylation sites is 1. The van der Waals surface area contributed by atoms with Crippen LogP contribution < -0.4 is 19.9 Å². The molecule has 0 bridgehead atoms. The van der Waals surface area contributed by atoms with Crippen molar-refractivity contribution in [1.29, 1.82) is 0 Å². The Kier molecular flexibility index (Phi) is 5.09. The van der Waals surface area contributed by atoms with E-state index >= 15 is 0 Å². The molecule has 112 valence electrons. The molecule has 0 saturated carbocycles. The second-order valence-electron chi connectivity index (χ2n) is 4.57. The number of rotatable bonds is 5. The highest BCUT2D eigenvalue weighted by Crippen LogP contribution is 2.42. The van der Waals surface area contributed by atoms with Gasteiger partial charge in [0.25, 0.3) is 0 Å². The summed E-state index contributed by atoms with van der Waals surface area (Å²) in [6.45, 7) is 1.94. The summed E-state index contributed by atoms with van der Waals surface area (Å²) in [7, 11) is 3.19. The van der Waals surface area contributed by atoms with Crippen molar-refractivity contribution in [2.75, 3.05) is 14.2 Å². The third-order valence-corrected chi connectivity index (χ3v) is 3.70. The predicted molar refractivity (Wildman–Crippen MR) is 86.4 cm³/mol. The number of methoxy groups -OCH3 is 2. The molecule has 1 atom stereocenters. The molecule has 2 aromatic rings. The van der Waals surface area contributed by atoms with E-state index in [0.29, 0.717) is 23.0 Å². The molecule has 0 aliphatic carbocycles. The van der Waals surface area contributed by atoms with E-state index in [9.17, 15) is 0 Å². The fraction of sp³-hybridized carbons (Fsp3) is 0.250. The van der Waals surface area contributed by atoms with Gasteiger partial charge in [0, 0.05) is 6.04 Å². The molecule has 0 saturated heterocycles. The van der Waals surface area contributed by atoms with Gasteiger partial charge in [-0.3, -0.25) is 0 Å². The van der Waals surface area contributed by atoms with Crippen LogP contribution in [0.4, 0.5) is 0 Å². The molecule has 0 aliphatic rings. The van der Waals surface area contributed by atoms with Crippen molar-refractivity contribution in [2.24, 2.45) is 5.73 Å². The van der Waals surface area contributed by atoms with Gasteiger partial charge in [-0.2, -0.15) is 0 Å². The number of ether oxygens (including phenoxy) is 3. The Morgan fingerprint density at radius 2 is 1.62 bits per heavy atom. The Balaban J connectivity index is 2.38. The lowest BCUT2D eigenvalue weighted by Gasteiger charge is -2.15. The van der Waals surface area contributed by atoms with Crippen LogP contribution in [0.15, 0.2) is 40.9 Å². The van der Waals surface area contributed by atoms with Crippen molar-refractivity contribution in [3.05, 3.63) is 46.4 Å². The maximum absolute atomic E-state index is 5.95. The first-order chi connectivity index (χ1) is 10.1.